The molecule has 1 aliphatic rings. The highest BCUT2D eigenvalue weighted by Gasteiger charge is 2.31. The van der Waals surface area contributed by atoms with Crippen molar-refractivity contribution in [2.24, 2.45) is 0 Å². The van der Waals surface area contributed by atoms with Crippen molar-refractivity contribution < 1.29 is 13.2 Å². The molecule has 4 aromatic rings. The molecule has 162 valence electrons. The Morgan fingerprint density at radius 3 is 2.56 bits per heavy atom. The summed E-state index contributed by atoms with van der Waals surface area (Å²) in [4.78, 5) is 18.1. The van der Waals surface area contributed by atoms with E-state index < -0.39 is 9.84 Å². The third kappa shape index (κ3) is 3.89. The summed E-state index contributed by atoms with van der Waals surface area (Å²) < 4.78 is 25.6. The van der Waals surface area contributed by atoms with Gasteiger partial charge in [0.1, 0.15) is 5.82 Å². The molecular weight excluding hydrogens is 424 g/mol. The average Bonchev–Trinajstić information content (AvgIpc) is 3.34. The highest BCUT2D eigenvalue weighted by Crippen LogP contribution is 2.29. The van der Waals surface area contributed by atoms with Crippen molar-refractivity contribution in [3.05, 3.63) is 78.0 Å². The van der Waals surface area contributed by atoms with Crippen molar-refractivity contribution in [2.75, 3.05) is 16.8 Å². The number of aryl methyl sites for hydroxylation is 1. The van der Waals surface area contributed by atoms with Crippen molar-refractivity contribution in [1.82, 2.24) is 14.8 Å². The summed E-state index contributed by atoms with van der Waals surface area (Å²) in [6.45, 7) is 1.82. The normalized spacial score (nSPS) is 17.5. The monoisotopic (exact) mass is 446 g/mol. The molecule has 1 aliphatic heterocycles. The van der Waals surface area contributed by atoms with E-state index in [1.165, 1.54) is 0 Å². The Bertz CT molecular complexity index is 1430. The van der Waals surface area contributed by atoms with Crippen molar-refractivity contribution >= 4 is 32.5 Å². The van der Waals surface area contributed by atoms with Gasteiger partial charge in [-0.3, -0.25) is 4.79 Å². The minimum atomic E-state index is -3.08. The maximum absolute atomic E-state index is 13.4. The van der Waals surface area contributed by atoms with Gasteiger partial charge in [-0.2, -0.15) is 5.10 Å². The lowest BCUT2D eigenvalue weighted by atomic mass is 10.0. The highest BCUT2D eigenvalue weighted by atomic mass is 32.2. The van der Waals surface area contributed by atoms with E-state index in [0.29, 0.717) is 29.2 Å². The molecule has 0 bridgehead atoms. The second-order valence-electron chi connectivity index (χ2n) is 8.06. The number of aromatic nitrogens is 3. The number of benzene rings is 2. The first kappa shape index (κ1) is 20.4. The molecular formula is C24H22N4O3S. The fraction of sp³-hybridized carbons (Fsp3) is 0.208. The molecule has 32 heavy (non-hydrogen) atoms. The topological polar surface area (TPSA) is 94.0 Å². The zero-order chi connectivity index (χ0) is 22.3. The van der Waals surface area contributed by atoms with Crippen LogP contribution in [-0.4, -0.2) is 40.6 Å². The summed E-state index contributed by atoms with van der Waals surface area (Å²) in [5.74, 6) is 0.381. The molecule has 0 unspecified atom stereocenters. The molecule has 8 heteroatoms. The molecule has 0 saturated carbocycles. The number of pyridine rings is 1. The van der Waals surface area contributed by atoms with E-state index in [2.05, 4.69) is 10.4 Å². The predicted octanol–water partition coefficient (Wildman–Crippen LogP) is 4.02. The Labute approximate surface area is 186 Å². The van der Waals surface area contributed by atoms with Gasteiger partial charge in [0.15, 0.2) is 9.84 Å². The molecule has 0 aliphatic carbocycles. The number of hydrogen-bond acceptors (Lipinski definition) is 5. The standard InChI is InChI=1S/C24H22N4O3S/c1-16-13-23(28(27-16)18-11-12-32(30,31)15-18)26-24(29)20-14-22(17-7-3-2-4-8-17)25-21-10-6-5-9-19(20)21/h2-10,13-14,18H,11-12,15H2,1H3,(H,26,29)/t18-/m0/s1. The van der Waals surface area contributed by atoms with E-state index in [1.807, 2.05) is 61.5 Å². The predicted molar refractivity (Wildman–Crippen MR) is 124 cm³/mol. The summed E-state index contributed by atoms with van der Waals surface area (Å²) in [6.07, 6.45) is 0.489. The van der Waals surface area contributed by atoms with Crippen LogP contribution >= 0.6 is 0 Å². The Morgan fingerprint density at radius 2 is 1.81 bits per heavy atom. The number of amides is 1. The van der Waals surface area contributed by atoms with Gasteiger partial charge in [-0.15, -0.1) is 0 Å². The average molecular weight is 447 g/mol. The minimum absolute atomic E-state index is 0.0351. The molecule has 1 amide bonds. The molecule has 2 aromatic heterocycles. The molecule has 1 atom stereocenters. The lowest BCUT2D eigenvalue weighted by Gasteiger charge is -2.15. The summed E-state index contributed by atoms with van der Waals surface area (Å²) in [5.41, 5.74) is 3.57. The number of carbonyl (C=O) groups is 1. The van der Waals surface area contributed by atoms with Crippen molar-refractivity contribution in [3.63, 3.8) is 0 Å². The third-order valence-corrected chi connectivity index (χ3v) is 7.43. The van der Waals surface area contributed by atoms with E-state index >= 15 is 0 Å². The van der Waals surface area contributed by atoms with Gasteiger partial charge in [0.05, 0.1) is 40.0 Å². The van der Waals surface area contributed by atoms with Gasteiger partial charge >= 0.3 is 0 Å². The van der Waals surface area contributed by atoms with Crippen LogP contribution in [0.15, 0.2) is 66.7 Å². The maximum Gasteiger partial charge on any atom is 0.257 e. The molecule has 0 radical (unpaired) electrons. The lowest BCUT2D eigenvalue weighted by Crippen LogP contribution is -2.20. The molecule has 5 rings (SSSR count). The summed E-state index contributed by atoms with van der Waals surface area (Å²) in [6, 6.07) is 20.5. The third-order valence-electron chi connectivity index (χ3n) is 5.68. The van der Waals surface area contributed by atoms with E-state index in [1.54, 1.807) is 16.8 Å². The fourth-order valence-electron chi connectivity index (χ4n) is 4.16. The molecule has 1 saturated heterocycles. The van der Waals surface area contributed by atoms with Crippen LogP contribution in [0.25, 0.3) is 22.2 Å². The van der Waals surface area contributed by atoms with Gasteiger partial charge in [0, 0.05) is 17.0 Å². The number of carbonyl (C=O) groups excluding carboxylic acids is 1. The lowest BCUT2D eigenvalue weighted by molar-refractivity contribution is 0.102. The van der Waals surface area contributed by atoms with Gasteiger partial charge in [-0.1, -0.05) is 48.5 Å². The minimum Gasteiger partial charge on any atom is -0.307 e. The zero-order valence-corrected chi connectivity index (χ0v) is 18.3. The van der Waals surface area contributed by atoms with Gasteiger partial charge in [0.25, 0.3) is 5.91 Å². The summed E-state index contributed by atoms with van der Waals surface area (Å²) in [7, 11) is -3.08. The van der Waals surface area contributed by atoms with Gasteiger partial charge < -0.3 is 5.32 Å². The van der Waals surface area contributed by atoms with Crippen LogP contribution in [0.5, 0.6) is 0 Å². The first-order chi connectivity index (χ1) is 15.4. The number of hydrogen-bond donors (Lipinski definition) is 1. The van der Waals surface area contributed by atoms with Gasteiger partial charge in [-0.25, -0.2) is 18.1 Å². The number of nitrogens with one attached hydrogen (secondary N) is 1. The largest absolute Gasteiger partial charge is 0.307 e. The van der Waals surface area contributed by atoms with Crippen LogP contribution in [0, 0.1) is 6.92 Å². The van der Waals surface area contributed by atoms with Crippen molar-refractivity contribution in [1.29, 1.82) is 0 Å². The van der Waals surface area contributed by atoms with E-state index in [9.17, 15) is 13.2 Å². The Balaban J connectivity index is 1.54. The quantitative estimate of drug-likeness (QED) is 0.511. The molecule has 2 aromatic carbocycles. The molecule has 1 fully saturated rings. The Hall–Kier alpha value is -3.52. The maximum atomic E-state index is 13.4. The van der Waals surface area contributed by atoms with Crippen LogP contribution < -0.4 is 5.32 Å². The number of fused-ring (bicyclic) bond motifs is 1. The second kappa shape index (κ2) is 7.87. The molecule has 7 nitrogen and oxygen atoms in total. The number of nitrogens with zero attached hydrogens (tertiary/aromatic N) is 3. The second-order valence-corrected chi connectivity index (χ2v) is 10.3. The van der Waals surface area contributed by atoms with E-state index in [4.69, 9.17) is 4.98 Å². The van der Waals surface area contributed by atoms with Crippen molar-refractivity contribution in [3.8, 4) is 11.3 Å². The molecule has 0 spiro atoms. The van der Waals surface area contributed by atoms with E-state index in [-0.39, 0.29) is 23.5 Å². The number of rotatable bonds is 4. The van der Waals surface area contributed by atoms with Gasteiger partial charge in [0.2, 0.25) is 0 Å². The Kier molecular flexibility index (Phi) is 5.01. The van der Waals surface area contributed by atoms with Crippen LogP contribution in [0.1, 0.15) is 28.5 Å². The van der Waals surface area contributed by atoms with Crippen molar-refractivity contribution in [2.45, 2.75) is 19.4 Å². The number of sulfone groups is 1. The molecule has 3 heterocycles. The van der Waals surface area contributed by atoms with Crippen LogP contribution in [0.2, 0.25) is 0 Å². The van der Waals surface area contributed by atoms with Crippen LogP contribution in [-0.2, 0) is 9.84 Å². The van der Waals surface area contributed by atoms with Gasteiger partial charge in [-0.05, 0) is 25.5 Å². The smallest absolute Gasteiger partial charge is 0.257 e. The number of para-hydroxylation sites is 1. The fourth-order valence-corrected chi connectivity index (χ4v) is 5.85. The van der Waals surface area contributed by atoms with Crippen LogP contribution in [0.4, 0.5) is 5.82 Å². The summed E-state index contributed by atoms with van der Waals surface area (Å²) >= 11 is 0. The van der Waals surface area contributed by atoms with Crippen LogP contribution in [0.3, 0.4) is 0 Å². The molecule has 1 N–H and O–H groups in total. The first-order valence-corrected chi connectivity index (χ1v) is 12.2. The summed E-state index contributed by atoms with van der Waals surface area (Å²) in [5, 5.41) is 8.17. The Morgan fingerprint density at radius 1 is 1.06 bits per heavy atom. The zero-order valence-electron chi connectivity index (χ0n) is 17.5. The van der Waals surface area contributed by atoms with E-state index in [0.717, 1.165) is 16.5 Å². The first-order valence-electron chi connectivity index (χ1n) is 10.4. The SMILES string of the molecule is Cc1cc(NC(=O)c2cc(-c3ccccc3)nc3ccccc23)n([C@H]2CCS(=O)(=O)C2)n1. The highest BCUT2D eigenvalue weighted by molar-refractivity contribution is 7.91. The number of anilines is 1.